The second-order valence-electron chi connectivity index (χ2n) is 4.43. The van der Waals surface area contributed by atoms with E-state index in [0.717, 1.165) is 11.1 Å². The van der Waals surface area contributed by atoms with E-state index in [4.69, 9.17) is 5.73 Å². The summed E-state index contributed by atoms with van der Waals surface area (Å²) in [6, 6.07) is 6.86. The lowest BCUT2D eigenvalue weighted by Gasteiger charge is -2.05. The summed E-state index contributed by atoms with van der Waals surface area (Å²) in [7, 11) is 0. The van der Waals surface area contributed by atoms with E-state index in [1.54, 1.807) is 16.7 Å². The van der Waals surface area contributed by atoms with Gasteiger partial charge in [0.1, 0.15) is 12.1 Å². The molecule has 0 unspecified atom stereocenters. The molecule has 2 aromatic heterocycles. The van der Waals surface area contributed by atoms with Crippen LogP contribution in [0.15, 0.2) is 43.4 Å². The largest absolute Gasteiger partial charge is 0.326 e. The van der Waals surface area contributed by atoms with Crippen molar-refractivity contribution in [1.29, 1.82) is 0 Å². The van der Waals surface area contributed by atoms with Crippen molar-refractivity contribution >= 4 is 11.6 Å². The highest BCUT2D eigenvalue weighted by atomic mass is 19.1. The molecule has 100 valence electrons. The van der Waals surface area contributed by atoms with Gasteiger partial charge in [-0.2, -0.15) is 5.10 Å². The summed E-state index contributed by atoms with van der Waals surface area (Å²) in [5.41, 5.74) is 9.07. The summed E-state index contributed by atoms with van der Waals surface area (Å²) >= 11 is 0. The summed E-state index contributed by atoms with van der Waals surface area (Å²) in [6.07, 6.45) is 5.03. The fourth-order valence-electron chi connectivity index (χ4n) is 2.14. The number of nitrogens with two attached hydrogens (primary N) is 1. The van der Waals surface area contributed by atoms with Gasteiger partial charge in [0.15, 0.2) is 0 Å². The molecule has 0 atom stereocenters. The first-order valence-corrected chi connectivity index (χ1v) is 6.17. The van der Waals surface area contributed by atoms with E-state index in [0.29, 0.717) is 16.8 Å². The van der Waals surface area contributed by atoms with Crippen molar-refractivity contribution in [1.82, 2.24) is 14.6 Å². The van der Waals surface area contributed by atoms with Gasteiger partial charge in [-0.1, -0.05) is 24.8 Å². The lowest BCUT2D eigenvalue weighted by Crippen LogP contribution is -2.00. The van der Waals surface area contributed by atoms with E-state index in [9.17, 15) is 4.39 Å². The number of nitrogens with zero attached hydrogens (tertiary/aromatic N) is 3. The Hall–Kier alpha value is -2.53. The molecule has 0 radical (unpaired) electrons. The Morgan fingerprint density at radius 2 is 2.20 bits per heavy atom. The molecule has 0 saturated carbocycles. The normalized spacial score (nSPS) is 10.9. The quantitative estimate of drug-likeness (QED) is 0.794. The van der Waals surface area contributed by atoms with Crippen molar-refractivity contribution < 1.29 is 4.39 Å². The number of hydrogen-bond donors (Lipinski definition) is 1. The lowest BCUT2D eigenvalue weighted by atomic mass is 10.1. The molecule has 3 aromatic rings. The third kappa shape index (κ3) is 1.98. The molecule has 5 heteroatoms. The minimum absolute atomic E-state index is 0.178. The fraction of sp³-hybridized carbons (Fsp3) is 0.0667. The fourth-order valence-corrected chi connectivity index (χ4v) is 2.14. The van der Waals surface area contributed by atoms with Crippen LogP contribution in [-0.2, 0) is 6.54 Å². The Balaban J connectivity index is 2.21. The Morgan fingerprint density at radius 1 is 1.35 bits per heavy atom. The van der Waals surface area contributed by atoms with Gasteiger partial charge in [0.2, 0.25) is 0 Å². The molecule has 0 aliphatic rings. The summed E-state index contributed by atoms with van der Waals surface area (Å²) in [4.78, 5) is 4.26. The van der Waals surface area contributed by atoms with Crippen LogP contribution in [0.25, 0.3) is 22.9 Å². The maximum Gasteiger partial charge on any atom is 0.137 e. The van der Waals surface area contributed by atoms with Crippen molar-refractivity contribution in [3.05, 3.63) is 60.3 Å². The Kier molecular flexibility index (Phi) is 3.04. The molecule has 0 fully saturated rings. The zero-order chi connectivity index (χ0) is 14.1. The van der Waals surface area contributed by atoms with Gasteiger partial charge in [-0.3, -0.25) is 0 Å². The van der Waals surface area contributed by atoms with Crippen molar-refractivity contribution in [3.8, 4) is 11.3 Å². The summed E-state index contributed by atoms with van der Waals surface area (Å²) in [6.45, 7) is 3.91. The third-order valence-corrected chi connectivity index (χ3v) is 3.21. The SMILES string of the molecule is C=Cc1cc2c(-c3ccc(CN)c(F)c3)ncnn2c1. The number of benzene rings is 1. The van der Waals surface area contributed by atoms with Gasteiger partial charge in [-0.25, -0.2) is 13.9 Å². The monoisotopic (exact) mass is 268 g/mol. The molecule has 2 N–H and O–H groups in total. The van der Waals surface area contributed by atoms with Gasteiger partial charge >= 0.3 is 0 Å². The number of fused-ring (bicyclic) bond motifs is 1. The van der Waals surface area contributed by atoms with Crippen molar-refractivity contribution in [2.45, 2.75) is 6.54 Å². The first-order chi connectivity index (χ1) is 9.72. The molecule has 0 spiro atoms. The van der Waals surface area contributed by atoms with Gasteiger partial charge in [-0.05, 0) is 17.7 Å². The molecule has 3 rings (SSSR count). The highest BCUT2D eigenvalue weighted by Gasteiger charge is 2.10. The van der Waals surface area contributed by atoms with Gasteiger partial charge in [0.05, 0.1) is 11.2 Å². The maximum atomic E-state index is 13.9. The molecule has 1 aromatic carbocycles. The molecule has 4 nitrogen and oxygen atoms in total. The first-order valence-electron chi connectivity index (χ1n) is 6.17. The van der Waals surface area contributed by atoms with Crippen LogP contribution >= 0.6 is 0 Å². The second-order valence-corrected chi connectivity index (χ2v) is 4.43. The zero-order valence-corrected chi connectivity index (χ0v) is 10.8. The van der Waals surface area contributed by atoms with E-state index < -0.39 is 0 Å². The minimum Gasteiger partial charge on any atom is -0.326 e. The number of hydrogen-bond acceptors (Lipinski definition) is 3. The van der Waals surface area contributed by atoms with Crippen molar-refractivity contribution in [2.75, 3.05) is 0 Å². The van der Waals surface area contributed by atoms with Crippen molar-refractivity contribution in [3.63, 3.8) is 0 Å². The Bertz CT molecular complexity index is 792. The van der Waals surface area contributed by atoms with Crippen molar-refractivity contribution in [2.24, 2.45) is 5.73 Å². The zero-order valence-electron chi connectivity index (χ0n) is 10.8. The molecule has 0 aliphatic heterocycles. The molecular weight excluding hydrogens is 255 g/mol. The van der Waals surface area contributed by atoms with E-state index in [2.05, 4.69) is 16.7 Å². The molecule has 0 amide bonds. The summed E-state index contributed by atoms with van der Waals surface area (Å²) in [5, 5.41) is 4.14. The highest BCUT2D eigenvalue weighted by Crippen LogP contribution is 2.25. The maximum absolute atomic E-state index is 13.9. The Labute approximate surface area is 115 Å². The topological polar surface area (TPSA) is 56.2 Å². The average molecular weight is 268 g/mol. The summed E-state index contributed by atoms with van der Waals surface area (Å²) < 4.78 is 15.6. The summed E-state index contributed by atoms with van der Waals surface area (Å²) in [5.74, 6) is -0.322. The predicted octanol–water partition coefficient (Wildman–Crippen LogP) is 2.64. The first kappa shape index (κ1) is 12.5. The van der Waals surface area contributed by atoms with Crippen LogP contribution in [0.3, 0.4) is 0 Å². The van der Waals surface area contributed by atoms with E-state index in [-0.39, 0.29) is 12.4 Å². The van der Waals surface area contributed by atoms with Gasteiger partial charge in [0.25, 0.3) is 0 Å². The molecule has 0 aliphatic carbocycles. The number of halogens is 1. The third-order valence-electron chi connectivity index (χ3n) is 3.21. The van der Waals surface area contributed by atoms with Crippen LogP contribution < -0.4 is 5.73 Å². The number of aromatic nitrogens is 3. The van der Waals surface area contributed by atoms with E-state index in [1.807, 2.05) is 18.3 Å². The van der Waals surface area contributed by atoms with E-state index in [1.165, 1.54) is 12.4 Å². The lowest BCUT2D eigenvalue weighted by molar-refractivity contribution is 0.611. The van der Waals surface area contributed by atoms with Crippen LogP contribution in [0.1, 0.15) is 11.1 Å². The van der Waals surface area contributed by atoms with Gasteiger partial charge in [-0.15, -0.1) is 0 Å². The van der Waals surface area contributed by atoms with Gasteiger partial charge in [0, 0.05) is 23.9 Å². The molecule has 0 bridgehead atoms. The average Bonchev–Trinajstić information content (AvgIpc) is 2.90. The van der Waals surface area contributed by atoms with Crippen LogP contribution in [0.5, 0.6) is 0 Å². The second kappa shape index (κ2) is 4.86. The smallest absolute Gasteiger partial charge is 0.137 e. The van der Waals surface area contributed by atoms with Crippen LogP contribution in [0, 0.1) is 5.82 Å². The Morgan fingerprint density at radius 3 is 2.90 bits per heavy atom. The van der Waals surface area contributed by atoms with Crippen LogP contribution in [0.2, 0.25) is 0 Å². The molecule has 2 heterocycles. The standard InChI is InChI=1S/C15H13FN4/c1-2-10-5-14-15(18-9-19-20(14)8-10)11-3-4-12(7-17)13(16)6-11/h2-6,8-9H,1,7,17H2. The predicted molar refractivity (Wildman–Crippen MR) is 76.4 cm³/mol. The van der Waals surface area contributed by atoms with Crippen LogP contribution in [0.4, 0.5) is 4.39 Å². The highest BCUT2D eigenvalue weighted by molar-refractivity contribution is 5.78. The molecular formula is C15H13FN4. The van der Waals surface area contributed by atoms with Crippen LogP contribution in [-0.4, -0.2) is 14.6 Å². The molecule has 20 heavy (non-hydrogen) atoms. The van der Waals surface area contributed by atoms with E-state index >= 15 is 0 Å². The minimum atomic E-state index is -0.322. The number of rotatable bonds is 3. The van der Waals surface area contributed by atoms with Gasteiger partial charge < -0.3 is 5.73 Å². The molecule has 0 saturated heterocycles.